The van der Waals surface area contributed by atoms with Crippen molar-refractivity contribution < 1.29 is 4.79 Å². The van der Waals surface area contributed by atoms with Gasteiger partial charge in [-0.1, -0.05) is 42.5 Å². The summed E-state index contributed by atoms with van der Waals surface area (Å²) in [5.74, 6) is -0.201. The van der Waals surface area contributed by atoms with Crippen LogP contribution in [0.2, 0.25) is 0 Å². The van der Waals surface area contributed by atoms with Gasteiger partial charge in [0.15, 0.2) is 0 Å². The van der Waals surface area contributed by atoms with Crippen molar-refractivity contribution >= 4 is 27.6 Å². The molecule has 0 spiro atoms. The van der Waals surface area contributed by atoms with Crippen molar-refractivity contribution in [3.63, 3.8) is 0 Å². The number of amides is 1. The first-order valence-corrected chi connectivity index (χ1v) is 8.07. The van der Waals surface area contributed by atoms with Gasteiger partial charge in [0.05, 0.1) is 5.56 Å². The van der Waals surface area contributed by atoms with E-state index in [-0.39, 0.29) is 11.5 Å². The van der Waals surface area contributed by atoms with Gasteiger partial charge in [-0.15, -0.1) is 0 Å². The van der Waals surface area contributed by atoms with E-state index < -0.39 is 0 Å². The van der Waals surface area contributed by atoms with E-state index in [0.29, 0.717) is 23.0 Å². The smallest absolute Gasteiger partial charge is 0.274 e. The van der Waals surface area contributed by atoms with Gasteiger partial charge in [0.25, 0.3) is 11.5 Å². The molecular weight excluding hydrogens is 314 g/mol. The summed E-state index contributed by atoms with van der Waals surface area (Å²) in [6, 6.07) is 15.9. The molecule has 2 aromatic carbocycles. The number of hydrogen-bond donors (Lipinski definition) is 2. The average Bonchev–Trinajstić information content (AvgIpc) is 3.12. The van der Waals surface area contributed by atoms with E-state index in [1.54, 1.807) is 25.5 Å². The van der Waals surface area contributed by atoms with Crippen molar-refractivity contribution in [2.24, 2.45) is 7.05 Å². The molecule has 0 saturated carbocycles. The molecule has 0 bridgehead atoms. The molecule has 2 aromatic heterocycles. The molecule has 0 aliphatic heterocycles. The molecule has 25 heavy (non-hydrogen) atoms. The zero-order valence-corrected chi connectivity index (χ0v) is 13.7. The maximum atomic E-state index is 12.7. The van der Waals surface area contributed by atoms with Gasteiger partial charge in [-0.2, -0.15) is 0 Å². The molecule has 0 radical (unpaired) electrons. The van der Waals surface area contributed by atoms with Crippen LogP contribution >= 0.6 is 0 Å². The molecule has 124 valence electrons. The Kier molecular flexibility index (Phi) is 3.61. The fourth-order valence-electron chi connectivity index (χ4n) is 3.17. The van der Waals surface area contributed by atoms with Crippen molar-refractivity contribution in [1.29, 1.82) is 0 Å². The van der Waals surface area contributed by atoms with Crippen LogP contribution in [0, 0.1) is 0 Å². The standard InChI is InChI=1S/C20H17N3O2/c1-23-12-17(16-9-10-21-18(16)20(23)25)19(24)22-11-14-7-4-6-13-5-2-3-8-15(13)14/h2-10,12,21H,11H2,1H3,(H,22,24). The van der Waals surface area contributed by atoms with Crippen molar-refractivity contribution in [1.82, 2.24) is 14.9 Å². The number of benzene rings is 2. The topological polar surface area (TPSA) is 66.9 Å². The summed E-state index contributed by atoms with van der Waals surface area (Å²) >= 11 is 0. The minimum Gasteiger partial charge on any atom is -0.357 e. The Bertz CT molecular complexity index is 1150. The van der Waals surface area contributed by atoms with Crippen LogP contribution in [0.3, 0.4) is 0 Å². The predicted octanol–water partition coefficient (Wildman–Crippen LogP) is 2.95. The number of pyridine rings is 1. The second-order valence-corrected chi connectivity index (χ2v) is 6.05. The van der Waals surface area contributed by atoms with E-state index in [9.17, 15) is 9.59 Å². The molecule has 5 nitrogen and oxygen atoms in total. The lowest BCUT2D eigenvalue weighted by Crippen LogP contribution is -2.26. The Labute approximate surface area is 143 Å². The first-order chi connectivity index (χ1) is 12.1. The number of hydrogen-bond acceptors (Lipinski definition) is 2. The van der Waals surface area contributed by atoms with Crippen molar-refractivity contribution in [3.8, 4) is 0 Å². The molecule has 4 rings (SSSR count). The first-order valence-electron chi connectivity index (χ1n) is 8.07. The third-order valence-corrected chi connectivity index (χ3v) is 4.46. The van der Waals surface area contributed by atoms with E-state index in [4.69, 9.17) is 0 Å². The number of H-pyrrole nitrogens is 1. The van der Waals surface area contributed by atoms with Gasteiger partial charge in [-0.3, -0.25) is 9.59 Å². The quantitative estimate of drug-likeness (QED) is 0.606. The van der Waals surface area contributed by atoms with Crippen molar-refractivity contribution in [2.45, 2.75) is 6.54 Å². The summed E-state index contributed by atoms with van der Waals surface area (Å²) in [6.07, 6.45) is 3.25. The predicted molar refractivity (Wildman–Crippen MR) is 98.7 cm³/mol. The van der Waals surface area contributed by atoms with E-state index in [0.717, 1.165) is 16.3 Å². The number of aromatic amines is 1. The van der Waals surface area contributed by atoms with Crippen LogP contribution in [0.4, 0.5) is 0 Å². The van der Waals surface area contributed by atoms with Gasteiger partial charge < -0.3 is 14.9 Å². The number of nitrogens with one attached hydrogen (secondary N) is 2. The molecule has 0 saturated heterocycles. The highest BCUT2D eigenvalue weighted by Crippen LogP contribution is 2.19. The summed E-state index contributed by atoms with van der Waals surface area (Å²) in [5.41, 5.74) is 1.84. The number of carbonyl (C=O) groups excluding carboxylic acids is 1. The summed E-state index contributed by atoms with van der Waals surface area (Å²) in [7, 11) is 1.64. The third-order valence-electron chi connectivity index (χ3n) is 4.46. The molecule has 1 amide bonds. The first kappa shape index (κ1) is 15.2. The van der Waals surface area contributed by atoms with Gasteiger partial charge in [0.1, 0.15) is 5.52 Å². The fourth-order valence-corrected chi connectivity index (χ4v) is 3.17. The second kappa shape index (κ2) is 5.94. The molecular formula is C20H17N3O2. The highest BCUT2D eigenvalue weighted by molar-refractivity contribution is 6.06. The largest absolute Gasteiger partial charge is 0.357 e. The molecule has 0 atom stereocenters. The highest BCUT2D eigenvalue weighted by atomic mass is 16.2. The van der Waals surface area contributed by atoms with Crippen LogP contribution in [-0.2, 0) is 13.6 Å². The summed E-state index contributed by atoms with van der Waals surface area (Å²) in [6.45, 7) is 0.426. The zero-order valence-electron chi connectivity index (χ0n) is 13.7. The number of fused-ring (bicyclic) bond motifs is 2. The number of aryl methyl sites for hydroxylation is 1. The molecule has 4 aromatic rings. The summed E-state index contributed by atoms with van der Waals surface area (Å²) in [5, 5.41) is 5.87. The van der Waals surface area contributed by atoms with Crippen molar-refractivity contribution in [2.75, 3.05) is 0 Å². The summed E-state index contributed by atoms with van der Waals surface area (Å²) < 4.78 is 1.42. The lowest BCUT2D eigenvalue weighted by atomic mass is 10.0. The van der Waals surface area contributed by atoms with Crippen molar-refractivity contribution in [3.05, 3.63) is 82.4 Å². The maximum absolute atomic E-state index is 12.7. The molecule has 0 fully saturated rings. The molecule has 2 N–H and O–H groups in total. The van der Waals surface area contributed by atoms with Gasteiger partial charge >= 0.3 is 0 Å². The Morgan fingerprint density at radius 3 is 2.76 bits per heavy atom. The maximum Gasteiger partial charge on any atom is 0.274 e. The van der Waals surface area contributed by atoms with Gasteiger partial charge in [0.2, 0.25) is 0 Å². The Morgan fingerprint density at radius 1 is 1.08 bits per heavy atom. The number of carbonyl (C=O) groups is 1. The summed E-state index contributed by atoms with van der Waals surface area (Å²) in [4.78, 5) is 27.7. The van der Waals surface area contributed by atoms with Crippen LogP contribution in [0.1, 0.15) is 15.9 Å². The fraction of sp³-hybridized carbons (Fsp3) is 0.100. The average molecular weight is 331 g/mol. The number of aromatic nitrogens is 2. The minimum atomic E-state index is -0.201. The highest BCUT2D eigenvalue weighted by Gasteiger charge is 2.14. The molecule has 5 heteroatoms. The Hall–Kier alpha value is -3.34. The van der Waals surface area contributed by atoms with Crippen LogP contribution in [0.5, 0.6) is 0 Å². The van der Waals surface area contributed by atoms with Gasteiger partial charge in [0, 0.05) is 31.4 Å². The lowest BCUT2D eigenvalue weighted by molar-refractivity contribution is 0.0952. The molecule has 0 unspecified atom stereocenters. The monoisotopic (exact) mass is 331 g/mol. The van der Waals surface area contributed by atoms with E-state index in [1.807, 2.05) is 30.3 Å². The third kappa shape index (κ3) is 2.59. The second-order valence-electron chi connectivity index (χ2n) is 6.05. The van der Waals surface area contributed by atoms with E-state index >= 15 is 0 Å². The Balaban J connectivity index is 1.66. The number of rotatable bonds is 3. The molecule has 0 aliphatic carbocycles. The van der Waals surface area contributed by atoms with Crippen LogP contribution in [0.15, 0.2) is 65.7 Å². The van der Waals surface area contributed by atoms with E-state index in [1.165, 1.54) is 4.57 Å². The van der Waals surface area contributed by atoms with Crippen LogP contribution in [-0.4, -0.2) is 15.5 Å². The normalized spacial score (nSPS) is 11.1. The lowest BCUT2D eigenvalue weighted by Gasteiger charge is -2.10. The molecule has 2 heterocycles. The minimum absolute atomic E-state index is 0.148. The van der Waals surface area contributed by atoms with Crippen LogP contribution in [0.25, 0.3) is 21.7 Å². The van der Waals surface area contributed by atoms with E-state index in [2.05, 4.69) is 22.4 Å². The molecule has 0 aliphatic rings. The SMILES string of the molecule is Cn1cc(C(=O)NCc2cccc3ccccc23)c2cc[nH]c2c1=O. The van der Waals surface area contributed by atoms with Gasteiger partial charge in [-0.05, 0) is 22.4 Å². The van der Waals surface area contributed by atoms with Crippen LogP contribution < -0.4 is 10.9 Å². The number of nitrogens with zero attached hydrogens (tertiary/aromatic N) is 1. The van der Waals surface area contributed by atoms with Gasteiger partial charge in [-0.25, -0.2) is 0 Å². The Morgan fingerprint density at radius 2 is 1.88 bits per heavy atom. The zero-order chi connectivity index (χ0) is 17.4.